The maximum Gasteiger partial charge on any atom is 0.356 e. The highest BCUT2D eigenvalue weighted by Gasteiger charge is 2.33. The van der Waals surface area contributed by atoms with Gasteiger partial charge in [0.25, 0.3) is 0 Å². The first-order valence-electron chi connectivity index (χ1n) is 8.52. The van der Waals surface area contributed by atoms with E-state index in [-0.39, 0.29) is 10.8 Å². The Bertz CT molecular complexity index is 1090. The minimum absolute atomic E-state index is 0.00867. The quantitative estimate of drug-likeness (QED) is 0.686. The Kier molecular flexibility index (Phi) is 3.88. The maximum atomic E-state index is 12.4. The fourth-order valence-electron chi connectivity index (χ4n) is 3.98. The number of benzene rings is 1. The van der Waals surface area contributed by atoms with Crippen molar-refractivity contribution in [3.63, 3.8) is 0 Å². The third-order valence-electron chi connectivity index (χ3n) is 5.30. The second-order valence-electron chi connectivity index (χ2n) is 6.88. The lowest BCUT2D eigenvalue weighted by Gasteiger charge is -2.34. The zero-order valence-electron chi connectivity index (χ0n) is 14.4. The largest absolute Gasteiger partial charge is 0.421 e. The van der Waals surface area contributed by atoms with Crippen molar-refractivity contribution in [1.82, 2.24) is 0 Å². The lowest BCUT2D eigenvalue weighted by atomic mass is 10.0. The minimum Gasteiger partial charge on any atom is -0.421 e. The molecule has 7 heteroatoms. The third kappa shape index (κ3) is 2.61. The number of anilines is 1. The van der Waals surface area contributed by atoms with Crippen molar-refractivity contribution in [1.29, 1.82) is 5.26 Å². The van der Waals surface area contributed by atoms with E-state index in [4.69, 9.17) is 4.42 Å². The Morgan fingerprint density at radius 3 is 2.58 bits per heavy atom. The van der Waals surface area contributed by atoms with Crippen LogP contribution in [0.4, 0.5) is 5.69 Å². The molecule has 0 spiro atoms. The molecule has 0 unspecified atom stereocenters. The fraction of sp³-hybridized carbons (Fsp3) is 0.368. The van der Waals surface area contributed by atoms with Crippen molar-refractivity contribution in [2.24, 2.45) is 0 Å². The van der Waals surface area contributed by atoms with Crippen LogP contribution in [-0.4, -0.2) is 33.0 Å². The van der Waals surface area contributed by atoms with Gasteiger partial charge in [0, 0.05) is 36.9 Å². The molecule has 1 aliphatic carbocycles. The number of hydrogen-bond donors (Lipinski definition) is 0. The monoisotopic (exact) mass is 370 g/mol. The molecule has 4 rings (SSSR count). The maximum absolute atomic E-state index is 12.4. The van der Waals surface area contributed by atoms with Gasteiger partial charge in [-0.3, -0.25) is 0 Å². The van der Waals surface area contributed by atoms with Crippen molar-refractivity contribution >= 4 is 15.5 Å². The molecule has 0 N–H and O–H groups in total. The number of nitriles is 1. The van der Waals surface area contributed by atoms with E-state index in [1.807, 2.05) is 35.2 Å². The van der Waals surface area contributed by atoms with Gasteiger partial charge < -0.3 is 9.32 Å². The van der Waals surface area contributed by atoms with Crippen LogP contribution < -0.4 is 10.5 Å². The lowest BCUT2D eigenvalue weighted by molar-refractivity contribution is 0.512. The minimum atomic E-state index is -3.08. The zero-order valence-corrected chi connectivity index (χ0v) is 15.2. The Balaban J connectivity index is 1.80. The summed E-state index contributed by atoms with van der Waals surface area (Å²) in [4.78, 5) is 14.4. The molecule has 6 nitrogen and oxygen atoms in total. The number of fused-ring (bicyclic) bond motifs is 3. The summed E-state index contributed by atoms with van der Waals surface area (Å²) >= 11 is 0. The molecule has 1 aromatic carbocycles. The standard InChI is InChI=1S/C19H18N2O4S/c1-26(23,24)13-6-8-21(9-7-13)17-15-10-12-4-2-3-5-14(12)18(15)25-19(22)16(17)11-20/h2-5,13H,6-10H2,1H3. The molecule has 134 valence electrons. The highest BCUT2D eigenvalue weighted by Crippen LogP contribution is 2.42. The van der Waals surface area contributed by atoms with E-state index in [1.165, 1.54) is 6.26 Å². The highest BCUT2D eigenvalue weighted by atomic mass is 32.2. The van der Waals surface area contributed by atoms with Gasteiger partial charge in [-0.15, -0.1) is 0 Å². The summed E-state index contributed by atoms with van der Waals surface area (Å²) in [5.74, 6) is 0.532. The summed E-state index contributed by atoms with van der Waals surface area (Å²) in [6.45, 7) is 0.997. The summed E-state index contributed by atoms with van der Waals surface area (Å²) in [5.41, 5.74) is 2.78. The number of nitrogens with zero attached hydrogens (tertiary/aromatic N) is 2. The van der Waals surface area contributed by atoms with Crippen molar-refractivity contribution in [2.75, 3.05) is 24.2 Å². The van der Waals surface area contributed by atoms with Crippen LogP contribution in [-0.2, 0) is 16.3 Å². The molecule has 1 saturated heterocycles. The Hall–Kier alpha value is -2.59. The Morgan fingerprint density at radius 2 is 1.92 bits per heavy atom. The van der Waals surface area contributed by atoms with Gasteiger partial charge >= 0.3 is 5.63 Å². The van der Waals surface area contributed by atoms with Crippen molar-refractivity contribution in [3.8, 4) is 17.4 Å². The summed E-state index contributed by atoms with van der Waals surface area (Å²) in [5, 5.41) is 9.16. The number of sulfone groups is 1. The first-order chi connectivity index (χ1) is 12.4. The van der Waals surface area contributed by atoms with Crippen LogP contribution in [0.1, 0.15) is 29.5 Å². The molecule has 0 radical (unpaired) electrons. The number of rotatable bonds is 2. The van der Waals surface area contributed by atoms with Gasteiger partial charge in [0.1, 0.15) is 21.7 Å². The predicted molar refractivity (Wildman–Crippen MR) is 98.0 cm³/mol. The molecule has 0 atom stereocenters. The molecule has 2 aromatic rings. The van der Waals surface area contributed by atoms with Crippen LogP contribution in [0.5, 0.6) is 0 Å². The Labute approximate surface area is 151 Å². The smallest absolute Gasteiger partial charge is 0.356 e. The van der Waals surface area contributed by atoms with E-state index in [0.717, 1.165) is 16.7 Å². The summed E-state index contributed by atoms with van der Waals surface area (Å²) < 4.78 is 29.1. The van der Waals surface area contributed by atoms with Gasteiger partial charge in [-0.1, -0.05) is 24.3 Å². The average molecular weight is 370 g/mol. The predicted octanol–water partition coefficient (Wildman–Crippen LogP) is 2.10. The van der Waals surface area contributed by atoms with E-state index in [0.29, 0.717) is 43.8 Å². The lowest BCUT2D eigenvalue weighted by Crippen LogP contribution is -2.40. The normalized spacial score (nSPS) is 16.8. The van der Waals surface area contributed by atoms with Gasteiger partial charge in [0.05, 0.1) is 10.9 Å². The fourth-order valence-corrected chi connectivity index (χ4v) is 5.05. The van der Waals surface area contributed by atoms with Crippen LogP contribution in [0.2, 0.25) is 0 Å². The molecule has 1 fully saturated rings. The summed E-state index contributed by atoms with van der Waals surface area (Å²) in [6.07, 6.45) is 2.85. The molecule has 0 saturated carbocycles. The van der Waals surface area contributed by atoms with Gasteiger partial charge in [0.2, 0.25) is 0 Å². The topological polar surface area (TPSA) is 91.4 Å². The SMILES string of the molecule is CS(=O)(=O)C1CCN(c2c3c(oc(=O)c2C#N)-c2ccccc2C3)CC1. The molecule has 1 aliphatic heterocycles. The van der Waals surface area contributed by atoms with E-state index in [2.05, 4.69) is 0 Å². The zero-order chi connectivity index (χ0) is 18.5. The molecular formula is C19H18N2O4S. The van der Waals surface area contributed by atoms with E-state index in [1.54, 1.807) is 0 Å². The van der Waals surface area contributed by atoms with E-state index in [9.17, 15) is 18.5 Å². The van der Waals surface area contributed by atoms with E-state index < -0.39 is 15.5 Å². The van der Waals surface area contributed by atoms with Crippen molar-refractivity contribution in [3.05, 3.63) is 51.4 Å². The number of piperidine rings is 1. The van der Waals surface area contributed by atoms with Gasteiger partial charge in [-0.2, -0.15) is 5.26 Å². The summed E-state index contributed by atoms with van der Waals surface area (Å²) in [7, 11) is -3.08. The van der Waals surface area contributed by atoms with Crippen molar-refractivity contribution < 1.29 is 12.8 Å². The number of hydrogen-bond acceptors (Lipinski definition) is 6. The van der Waals surface area contributed by atoms with Gasteiger partial charge in [0.15, 0.2) is 5.56 Å². The van der Waals surface area contributed by atoms with E-state index >= 15 is 0 Å². The molecule has 1 aromatic heterocycles. The second kappa shape index (κ2) is 5.99. The van der Waals surface area contributed by atoms with Gasteiger partial charge in [-0.05, 0) is 18.4 Å². The van der Waals surface area contributed by atoms with Crippen LogP contribution in [0.3, 0.4) is 0 Å². The van der Waals surface area contributed by atoms with Crippen molar-refractivity contribution in [2.45, 2.75) is 24.5 Å². The molecule has 0 bridgehead atoms. The molecule has 26 heavy (non-hydrogen) atoms. The highest BCUT2D eigenvalue weighted by molar-refractivity contribution is 7.91. The molecule has 0 amide bonds. The third-order valence-corrected chi connectivity index (χ3v) is 6.98. The van der Waals surface area contributed by atoms with Crippen LogP contribution in [0.15, 0.2) is 33.5 Å². The first kappa shape index (κ1) is 16.9. The van der Waals surface area contributed by atoms with Crippen LogP contribution in [0.25, 0.3) is 11.3 Å². The average Bonchev–Trinajstić information content (AvgIpc) is 2.98. The summed E-state index contributed by atoms with van der Waals surface area (Å²) in [6, 6.07) is 9.72. The molecule has 2 heterocycles. The molecule has 2 aliphatic rings. The second-order valence-corrected chi connectivity index (χ2v) is 9.21. The first-order valence-corrected chi connectivity index (χ1v) is 10.5. The van der Waals surface area contributed by atoms with Crippen LogP contribution >= 0.6 is 0 Å². The molecular weight excluding hydrogens is 352 g/mol. The van der Waals surface area contributed by atoms with Gasteiger partial charge in [-0.25, -0.2) is 13.2 Å². The van der Waals surface area contributed by atoms with Crippen LogP contribution in [0, 0.1) is 11.3 Å². The Morgan fingerprint density at radius 1 is 1.23 bits per heavy atom.